The predicted molar refractivity (Wildman–Crippen MR) is 134 cm³/mol. The highest BCUT2D eigenvalue weighted by Crippen LogP contribution is 2.11. The molecule has 0 aliphatic rings. The third-order valence-corrected chi connectivity index (χ3v) is 4.53. The monoisotopic (exact) mass is 459 g/mol. The minimum Gasteiger partial charge on any atom is -0.497 e. The van der Waals surface area contributed by atoms with E-state index in [0.717, 1.165) is 33.9 Å². The highest BCUT2D eigenvalue weighted by atomic mass is 16.5. The topological polar surface area (TPSA) is 103 Å². The highest BCUT2D eigenvalue weighted by molar-refractivity contribution is 5.85. The van der Waals surface area contributed by atoms with Crippen molar-refractivity contribution < 1.29 is 19.3 Å². The van der Waals surface area contributed by atoms with Crippen LogP contribution < -0.4 is 30.2 Å². The number of guanidine groups is 1. The number of hydrazone groups is 2. The SMILES string of the molecule is COc1ccc(C=NN=C(NN=Cc2ccc(OC)cc2)N[NH+]=Cc2ccc(OC)cc2)cc1. The first-order chi connectivity index (χ1) is 16.7. The molecule has 3 aromatic rings. The van der Waals surface area contributed by atoms with Gasteiger partial charge in [0.05, 0.1) is 33.8 Å². The van der Waals surface area contributed by atoms with Crippen LogP contribution in [0.2, 0.25) is 0 Å². The van der Waals surface area contributed by atoms with Crippen molar-refractivity contribution >= 4 is 24.6 Å². The largest absolute Gasteiger partial charge is 0.497 e. The van der Waals surface area contributed by atoms with Gasteiger partial charge in [0, 0.05) is 5.56 Å². The van der Waals surface area contributed by atoms with Gasteiger partial charge in [0.25, 0.3) is 5.96 Å². The zero-order valence-corrected chi connectivity index (χ0v) is 19.2. The van der Waals surface area contributed by atoms with Gasteiger partial charge in [0.15, 0.2) is 6.21 Å². The van der Waals surface area contributed by atoms with E-state index in [4.69, 9.17) is 14.2 Å². The number of hydrogen-bond acceptors (Lipinski definition) is 6. The molecular formula is C25H27N6O3+. The van der Waals surface area contributed by atoms with Crippen molar-refractivity contribution in [1.29, 1.82) is 0 Å². The van der Waals surface area contributed by atoms with Gasteiger partial charge < -0.3 is 14.2 Å². The van der Waals surface area contributed by atoms with E-state index in [0.29, 0.717) is 5.96 Å². The maximum atomic E-state index is 5.17. The van der Waals surface area contributed by atoms with Gasteiger partial charge in [-0.3, -0.25) is 0 Å². The van der Waals surface area contributed by atoms with E-state index in [1.165, 1.54) is 0 Å². The molecule has 9 nitrogen and oxygen atoms in total. The molecule has 0 heterocycles. The molecule has 0 saturated carbocycles. The first-order valence-corrected chi connectivity index (χ1v) is 10.4. The lowest BCUT2D eigenvalue weighted by atomic mass is 10.2. The van der Waals surface area contributed by atoms with Crippen molar-refractivity contribution in [2.45, 2.75) is 0 Å². The predicted octanol–water partition coefficient (Wildman–Crippen LogP) is 1.73. The molecule has 9 heteroatoms. The lowest BCUT2D eigenvalue weighted by molar-refractivity contribution is -0.500. The van der Waals surface area contributed by atoms with Crippen molar-refractivity contribution in [3.63, 3.8) is 0 Å². The van der Waals surface area contributed by atoms with Gasteiger partial charge in [-0.05, 0) is 83.9 Å². The summed E-state index contributed by atoms with van der Waals surface area (Å²) < 4.78 is 15.5. The minimum atomic E-state index is 0.291. The van der Waals surface area contributed by atoms with Crippen LogP contribution in [-0.4, -0.2) is 45.9 Å². The van der Waals surface area contributed by atoms with E-state index < -0.39 is 0 Å². The zero-order valence-electron chi connectivity index (χ0n) is 19.2. The molecule has 0 aliphatic heterocycles. The average Bonchev–Trinajstić information content (AvgIpc) is 2.89. The van der Waals surface area contributed by atoms with Gasteiger partial charge in [-0.25, -0.2) is 5.43 Å². The third-order valence-electron chi connectivity index (χ3n) is 4.53. The van der Waals surface area contributed by atoms with Crippen LogP contribution in [0, 0.1) is 0 Å². The number of nitrogens with zero attached hydrogens (tertiary/aromatic N) is 3. The fourth-order valence-corrected chi connectivity index (χ4v) is 2.66. The zero-order chi connectivity index (χ0) is 24.0. The average molecular weight is 460 g/mol. The summed E-state index contributed by atoms with van der Waals surface area (Å²) in [5.74, 6) is 2.63. The first kappa shape index (κ1) is 24.0. The maximum absolute atomic E-state index is 5.17. The Labute approximate surface area is 198 Å². The van der Waals surface area contributed by atoms with E-state index in [2.05, 4.69) is 31.3 Å². The molecule has 0 atom stereocenters. The minimum absolute atomic E-state index is 0.291. The van der Waals surface area contributed by atoms with Gasteiger partial charge in [-0.15, -0.1) is 15.6 Å². The van der Waals surface area contributed by atoms with Gasteiger partial charge >= 0.3 is 0 Å². The Hall–Kier alpha value is -4.66. The van der Waals surface area contributed by atoms with Gasteiger partial charge in [-0.2, -0.15) is 10.2 Å². The Bertz CT molecular complexity index is 1080. The van der Waals surface area contributed by atoms with E-state index in [1.807, 2.05) is 72.8 Å². The highest BCUT2D eigenvalue weighted by Gasteiger charge is 2.00. The van der Waals surface area contributed by atoms with Crippen LogP contribution in [-0.2, 0) is 0 Å². The number of rotatable bonds is 9. The number of methoxy groups -OCH3 is 3. The second-order valence-electron chi connectivity index (χ2n) is 6.80. The summed E-state index contributed by atoms with van der Waals surface area (Å²) in [7, 11) is 4.88. The van der Waals surface area contributed by atoms with E-state index in [9.17, 15) is 0 Å². The van der Waals surface area contributed by atoms with Crippen molar-refractivity contribution in [2.24, 2.45) is 15.3 Å². The molecule has 0 aliphatic carbocycles. The molecule has 3 N–H and O–H groups in total. The Morgan fingerprint density at radius 2 is 1.15 bits per heavy atom. The molecule has 0 amide bonds. The summed E-state index contributed by atoms with van der Waals surface area (Å²) in [6.45, 7) is 0. The van der Waals surface area contributed by atoms with E-state index >= 15 is 0 Å². The Morgan fingerprint density at radius 3 is 1.65 bits per heavy atom. The standard InChI is InChI=1S/C25H26N6O3/c1-32-22-10-4-19(5-11-22)16-26-29-25(30-27-17-20-6-12-23(33-2)13-7-20)31-28-18-21-8-14-24(34-3)15-9-21/h4-18H,1-3H3,(H2,29,30,31)/p+1. The molecule has 3 aromatic carbocycles. The molecule has 3 rings (SSSR count). The van der Waals surface area contributed by atoms with E-state index in [1.54, 1.807) is 40.0 Å². The number of benzene rings is 3. The molecule has 0 unspecified atom stereocenters. The molecule has 34 heavy (non-hydrogen) atoms. The van der Waals surface area contributed by atoms with Gasteiger partial charge in [-0.1, -0.05) is 0 Å². The van der Waals surface area contributed by atoms with Crippen molar-refractivity contribution in [3.8, 4) is 17.2 Å². The summed E-state index contributed by atoms with van der Waals surface area (Å²) in [5, 5.41) is 15.5. The van der Waals surface area contributed by atoms with Crippen LogP contribution in [0.3, 0.4) is 0 Å². The summed E-state index contributed by atoms with van der Waals surface area (Å²) in [5.41, 5.74) is 8.50. The number of hydrogen-bond donors (Lipinski definition) is 3. The third kappa shape index (κ3) is 7.79. The fraction of sp³-hybridized carbons (Fsp3) is 0.120. The lowest BCUT2D eigenvalue weighted by Crippen LogP contribution is -2.82. The van der Waals surface area contributed by atoms with Crippen LogP contribution in [0.25, 0.3) is 0 Å². The first-order valence-electron chi connectivity index (χ1n) is 10.4. The fourth-order valence-electron chi connectivity index (χ4n) is 2.66. The lowest BCUT2D eigenvalue weighted by Gasteiger charge is -2.01. The molecule has 0 aromatic heterocycles. The van der Waals surface area contributed by atoms with Crippen LogP contribution in [0.1, 0.15) is 16.7 Å². The second kappa shape index (κ2) is 13.0. The van der Waals surface area contributed by atoms with Crippen molar-refractivity contribution in [3.05, 3.63) is 89.5 Å². The number of hydrazine groups is 1. The Kier molecular flexibility index (Phi) is 9.19. The van der Waals surface area contributed by atoms with Gasteiger partial charge in [0.2, 0.25) is 0 Å². The number of ether oxygens (including phenoxy) is 3. The second-order valence-corrected chi connectivity index (χ2v) is 6.80. The molecule has 0 saturated heterocycles. The van der Waals surface area contributed by atoms with Crippen LogP contribution >= 0.6 is 0 Å². The van der Waals surface area contributed by atoms with Crippen LogP contribution in [0.4, 0.5) is 0 Å². The van der Waals surface area contributed by atoms with E-state index in [-0.39, 0.29) is 0 Å². The molecule has 0 spiro atoms. The normalized spacial score (nSPS) is 11.8. The quantitative estimate of drug-likeness (QED) is 0.257. The van der Waals surface area contributed by atoms with Crippen molar-refractivity contribution in [2.75, 3.05) is 21.3 Å². The molecule has 0 bridgehead atoms. The molecule has 0 fully saturated rings. The molecule has 0 radical (unpaired) electrons. The smallest absolute Gasteiger partial charge is 0.291 e. The molecule has 174 valence electrons. The summed E-state index contributed by atoms with van der Waals surface area (Å²) in [4.78, 5) is 0. The molecular weight excluding hydrogens is 432 g/mol. The Morgan fingerprint density at radius 1 is 0.676 bits per heavy atom. The van der Waals surface area contributed by atoms with Gasteiger partial charge in [0.1, 0.15) is 17.2 Å². The maximum Gasteiger partial charge on any atom is 0.291 e. The van der Waals surface area contributed by atoms with Crippen LogP contribution in [0.5, 0.6) is 17.2 Å². The summed E-state index contributed by atoms with van der Waals surface area (Å²) in [6, 6.07) is 22.6. The number of nitrogens with one attached hydrogen (secondary N) is 3. The summed E-state index contributed by atoms with van der Waals surface area (Å²) in [6.07, 6.45) is 5.07. The van der Waals surface area contributed by atoms with Crippen molar-refractivity contribution in [1.82, 2.24) is 10.9 Å². The Balaban J connectivity index is 1.68. The summed E-state index contributed by atoms with van der Waals surface area (Å²) >= 11 is 0. The van der Waals surface area contributed by atoms with Crippen LogP contribution in [0.15, 0.2) is 88.1 Å².